The maximum Gasteiger partial charge on any atom is 0.261 e. The summed E-state index contributed by atoms with van der Waals surface area (Å²) in [6, 6.07) is 0.407. The number of nitrogens with one attached hydrogen (secondary N) is 1. The fourth-order valence-electron chi connectivity index (χ4n) is 2.74. The van der Waals surface area contributed by atoms with Gasteiger partial charge in [0.05, 0.1) is 0 Å². The molecular formula is C14H27F2NO. The molecule has 0 amide bonds. The van der Waals surface area contributed by atoms with Crippen molar-refractivity contribution < 1.29 is 13.5 Å². The van der Waals surface area contributed by atoms with E-state index in [4.69, 9.17) is 4.74 Å². The van der Waals surface area contributed by atoms with Crippen molar-refractivity contribution >= 4 is 0 Å². The number of hydrogen-bond donors (Lipinski definition) is 1. The van der Waals surface area contributed by atoms with Gasteiger partial charge in [-0.2, -0.15) is 0 Å². The number of hydrogen-bond acceptors (Lipinski definition) is 2. The molecule has 0 spiro atoms. The average molecular weight is 263 g/mol. The number of alkyl halides is 2. The highest BCUT2D eigenvalue weighted by molar-refractivity contribution is 4.71. The fraction of sp³-hybridized carbons (Fsp3) is 1.00. The van der Waals surface area contributed by atoms with Crippen LogP contribution in [0.3, 0.4) is 0 Å². The van der Waals surface area contributed by atoms with Crippen molar-refractivity contribution in [2.45, 2.75) is 63.8 Å². The first-order valence-electron chi connectivity index (χ1n) is 7.25. The molecule has 1 unspecified atom stereocenters. The van der Waals surface area contributed by atoms with Crippen LogP contribution in [0.2, 0.25) is 0 Å². The summed E-state index contributed by atoms with van der Waals surface area (Å²) in [4.78, 5) is 0. The van der Waals surface area contributed by atoms with E-state index in [2.05, 4.69) is 5.32 Å². The predicted molar refractivity (Wildman–Crippen MR) is 70.1 cm³/mol. The Bertz CT molecular complexity index is 196. The quantitative estimate of drug-likeness (QED) is 0.642. The van der Waals surface area contributed by atoms with E-state index in [9.17, 15) is 8.78 Å². The zero-order chi connectivity index (χ0) is 13.2. The maximum atomic E-state index is 11.9. The molecule has 1 fully saturated rings. The van der Waals surface area contributed by atoms with Crippen molar-refractivity contribution in [2.24, 2.45) is 5.92 Å². The van der Waals surface area contributed by atoms with Gasteiger partial charge in [0.2, 0.25) is 0 Å². The molecule has 0 saturated heterocycles. The summed E-state index contributed by atoms with van der Waals surface area (Å²) in [5.74, 6) is 0.886. The molecule has 1 aliphatic carbocycles. The molecule has 1 saturated carbocycles. The van der Waals surface area contributed by atoms with Gasteiger partial charge in [-0.1, -0.05) is 32.1 Å². The second-order valence-electron chi connectivity index (χ2n) is 5.32. The molecule has 1 rings (SSSR count). The molecule has 1 atom stereocenters. The van der Waals surface area contributed by atoms with E-state index in [-0.39, 0.29) is 0 Å². The van der Waals surface area contributed by atoms with Crippen LogP contribution in [-0.2, 0) is 4.74 Å². The van der Waals surface area contributed by atoms with E-state index >= 15 is 0 Å². The Hall–Kier alpha value is -0.220. The molecule has 0 aromatic carbocycles. The van der Waals surface area contributed by atoms with Crippen LogP contribution >= 0.6 is 0 Å². The highest BCUT2D eigenvalue weighted by Gasteiger charge is 2.15. The lowest BCUT2D eigenvalue weighted by atomic mass is 9.85. The van der Waals surface area contributed by atoms with Gasteiger partial charge in [0.15, 0.2) is 0 Å². The van der Waals surface area contributed by atoms with E-state index in [1.54, 1.807) is 0 Å². The molecule has 4 heteroatoms. The normalized spacial score (nSPS) is 19.3. The minimum absolute atomic E-state index is 0.407. The van der Waals surface area contributed by atoms with E-state index < -0.39 is 13.0 Å². The number of halogens is 2. The lowest BCUT2D eigenvalue weighted by Gasteiger charge is -2.24. The van der Waals surface area contributed by atoms with Crippen molar-refractivity contribution in [3.05, 3.63) is 0 Å². The highest BCUT2D eigenvalue weighted by atomic mass is 19.3. The third-order valence-corrected chi connectivity index (χ3v) is 3.91. The number of rotatable bonds is 9. The molecule has 0 radical (unpaired) electrons. The highest BCUT2D eigenvalue weighted by Crippen LogP contribution is 2.27. The topological polar surface area (TPSA) is 21.3 Å². The monoisotopic (exact) mass is 263 g/mol. The van der Waals surface area contributed by atoms with E-state index in [0.29, 0.717) is 12.6 Å². The summed E-state index contributed by atoms with van der Waals surface area (Å²) in [6.07, 6.45) is 7.79. The van der Waals surface area contributed by atoms with Crippen molar-refractivity contribution in [1.82, 2.24) is 5.32 Å². The molecule has 0 bridgehead atoms. The molecule has 1 N–H and O–H groups in total. The minimum atomic E-state index is -2.35. The molecule has 0 aromatic heterocycles. The number of ether oxygens (including phenoxy) is 1. The maximum absolute atomic E-state index is 11.9. The smallest absolute Gasteiger partial charge is 0.261 e. The summed E-state index contributed by atoms with van der Waals surface area (Å²) in [5, 5.41) is 3.26. The Kier molecular flexibility index (Phi) is 8.51. The zero-order valence-corrected chi connectivity index (χ0v) is 11.5. The van der Waals surface area contributed by atoms with Gasteiger partial charge in [0.1, 0.15) is 6.61 Å². The third kappa shape index (κ3) is 7.27. The standard InChI is InChI=1S/C14H27F2NO/c1-17-13(9-10-18-11-14(15)16)8-7-12-5-3-2-4-6-12/h12-14,17H,2-11H2,1H3. The Morgan fingerprint density at radius 3 is 2.50 bits per heavy atom. The molecular weight excluding hydrogens is 236 g/mol. The second-order valence-corrected chi connectivity index (χ2v) is 5.32. The van der Waals surface area contributed by atoms with Gasteiger partial charge >= 0.3 is 0 Å². The summed E-state index contributed by atoms with van der Waals surface area (Å²) in [7, 11) is 1.94. The van der Waals surface area contributed by atoms with Crippen LogP contribution in [0, 0.1) is 5.92 Å². The summed E-state index contributed by atoms with van der Waals surface area (Å²) >= 11 is 0. The second kappa shape index (κ2) is 9.68. The molecule has 108 valence electrons. The molecule has 0 aliphatic heterocycles. The fourth-order valence-corrected chi connectivity index (χ4v) is 2.74. The van der Waals surface area contributed by atoms with Gasteiger partial charge in [-0.15, -0.1) is 0 Å². The van der Waals surface area contributed by atoms with Crippen LogP contribution < -0.4 is 5.32 Å². The van der Waals surface area contributed by atoms with E-state index in [0.717, 1.165) is 18.8 Å². The van der Waals surface area contributed by atoms with Gasteiger partial charge in [0, 0.05) is 12.6 Å². The summed E-state index contributed by atoms with van der Waals surface area (Å²) in [6.45, 7) is -0.000424. The van der Waals surface area contributed by atoms with Crippen molar-refractivity contribution in [3.63, 3.8) is 0 Å². The third-order valence-electron chi connectivity index (χ3n) is 3.91. The van der Waals surface area contributed by atoms with E-state index in [1.165, 1.54) is 38.5 Å². The van der Waals surface area contributed by atoms with Crippen molar-refractivity contribution in [1.29, 1.82) is 0 Å². The lowest BCUT2D eigenvalue weighted by molar-refractivity contribution is 0.0142. The van der Waals surface area contributed by atoms with Crippen LogP contribution in [0.4, 0.5) is 8.78 Å². The summed E-state index contributed by atoms with van der Waals surface area (Å²) < 4.78 is 28.7. The molecule has 0 heterocycles. The SMILES string of the molecule is CNC(CCOCC(F)F)CCC1CCCCC1. The summed E-state index contributed by atoms with van der Waals surface area (Å²) in [5.41, 5.74) is 0. The van der Waals surface area contributed by atoms with Crippen LogP contribution in [0.15, 0.2) is 0 Å². The Morgan fingerprint density at radius 1 is 1.17 bits per heavy atom. The van der Waals surface area contributed by atoms with Gasteiger partial charge in [0.25, 0.3) is 6.43 Å². The minimum Gasteiger partial charge on any atom is -0.375 e. The Balaban J connectivity index is 2.05. The first-order valence-corrected chi connectivity index (χ1v) is 7.25. The average Bonchev–Trinajstić information content (AvgIpc) is 2.39. The molecule has 0 aromatic rings. The predicted octanol–water partition coefficient (Wildman–Crippen LogP) is 3.61. The van der Waals surface area contributed by atoms with Crippen LogP contribution in [-0.4, -0.2) is 32.7 Å². The van der Waals surface area contributed by atoms with Gasteiger partial charge < -0.3 is 10.1 Å². The van der Waals surface area contributed by atoms with Crippen molar-refractivity contribution in [2.75, 3.05) is 20.3 Å². The lowest BCUT2D eigenvalue weighted by Crippen LogP contribution is -2.28. The molecule has 2 nitrogen and oxygen atoms in total. The first kappa shape index (κ1) is 15.8. The van der Waals surface area contributed by atoms with Crippen LogP contribution in [0.25, 0.3) is 0 Å². The van der Waals surface area contributed by atoms with Gasteiger partial charge in [-0.25, -0.2) is 8.78 Å². The van der Waals surface area contributed by atoms with Crippen LogP contribution in [0.1, 0.15) is 51.4 Å². The van der Waals surface area contributed by atoms with Crippen molar-refractivity contribution in [3.8, 4) is 0 Å². The van der Waals surface area contributed by atoms with Crippen LogP contribution in [0.5, 0.6) is 0 Å². The largest absolute Gasteiger partial charge is 0.375 e. The Labute approximate surface area is 109 Å². The van der Waals surface area contributed by atoms with Gasteiger partial charge in [-0.05, 0) is 32.2 Å². The van der Waals surface area contributed by atoms with E-state index in [1.807, 2.05) is 7.05 Å². The first-order chi connectivity index (χ1) is 8.72. The molecule has 18 heavy (non-hydrogen) atoms. The molecule has 1 aliphatic rings. The van der Waals surface area contributed by atoms with Gasteiger partial charge in [-0.3, -0.25) is 0 Å². The zero-order valence-electron chi connectivity index (χ0n) is 11.5. The Morgan fingerprint density at radius 2 is 1.89 bits per heavy atom.